The summed E-state index contributed by atoms with van der Waals surface area (Å²) in [5.74, 6) is 1.93. The third-order valence-corrected chi connectivity index (χ3v) is 8.99. The van der Waals surface area contributed by atoms with Gasteiger partial charge in [-0.3, -0.25) is 0 Å². The average molecular weight is 521 g/mol. The van der Waals surface area contributed by atoms with Crippen LogP contribution in [0.2, 0.25) is 0 Å². The summed E-state index contributed by atoms with van der Waals surface area (Å²) in [6.07, 6.45) is 45.6. The Kier molecular flexibility index (Phi) is 32.2. The van der Waals surface area contributed by atoms with E-state index in [0.29, 0.717) is 0 Å². The first-order valence-electron chi connectivity index (χ1n) is 18.2. The Balaban J connectivity index is 3.23. The fourth-order valence-corrected chi connectivity index (χ4v) is 6.12. The number of hydrogen-bond donors (Lipinski definition) is 0. The van der Waals surface area contributed by atoms with Crippen LogP contribution in [0.1, 0.15) is 227 Å². The van der Waals surface area contributed by atoms with Gasteiger partial charge >= 0.3 is 0 Å². The Morgan fingerprint density at radius 1 is 0.243 bits per heavy atom. The first-order chi connectivity index (χ1) is 18.2. The molecule has 0 aliphatic carbocycles. The van der Waals surface area contributed by atoms with Crippen LogP contribution >= 0.6 is 0 Å². The van der Waals surface area contributed by atoms with E-state index in [0.717, 1.165) is 11.8 Å². The molecule has 0 radical (unpaired) electrons. The van der Waals surface area contributed by atoms with Gasteiger partial charge in [0, 0.05) is 0 Å². The van der Waals surface area contributed by atoms with Gasteiger partial charge in [0.05, 0.1) is 0 Å². The largest absolute Gasteiger partial charge is 0.0654 e. The molecule has 0 aromatic rings. The third kappa shape index (κ3) is 32.1. The molecule has 0 rings (SSSR count). The minimum absolute atomic E-state index is 0.964. The van der Waals surface area contributed by atoms with Crippen LogP contribution in [0.4, 0.5) is 0 Å². The molecule has 0 aromatic heterocycles. The van der Waals surface area contributed by atoms with Crippen LogP contribution < -0.4 is 0 Å². The summed E-state index contributed by atoms with van der Waals surface area (Å²) >= 11 is 0. The molecule has 0 aliphatic rings. The molecule has 37 heavy (non-hydrogen) atoms. The second-order valence-electron chi connectivity index (χ2n) is 13.2. The summed E-state index contributed by atoms with van der Waals surface area (Å²) in [5.41, 5.74) is 0. The summed E-state index contributed by atoms with van der Waals surface area (Å²) in [6.45, 7) is 9.63. The van der Waals surface area contributed by atoms with Gasteiger partial charge in [-0.15, -0.1) is 0 Å². The van der Waals surface area contributed by atoms with Crippen molar-refractivity contribution in [3.05, 3.63) is 0 Å². The first-order valence-corrected chi connectivity index (χ1v) is 18.2. The van der Waals surface area contributed by atoms with Crippen molar-refractivity contribution < 1.29 is 0 Å². The van der Waals surface area contributed by atoms with Crippen LogP contribution in [0.3, 0.4) is 0 Å². The smallest absolute Gasteiger partial charge is 0.0443 e. The number of hydrogen-bond acceptors (Lipinski definition) is 0. The van der Waals surface area contributed by atoms with E-state index < -0.39 is 0 Å². The Morgan fingerprint density at radius 2 is 0.405 bits per heavy atom. The van der Waals surface area contributed by atoms with Crippen molar-refractivity contribution in [2.45, 2.75) is 227 Å². The van der Waals surface area contributed by atoms with Gasteiger partial charge in [-0.05, 0) is 11.8 Å². The van der Waals surface area contributed by atoms with Crippen molar-refractivity contribution >= 4 is 0 Å². The topological polar surface area (TPSA) is 0 Å². The quantitative estimate of drug-likeness (QED) is 0.0773. The molecule has 0 aliphatic heterocycles. The molecule has 0 unspecified atom stereocenters. The predicted molar refractivity (Wildman–Crippen MR) is 173 cm³/mol. The van der Waals surface area contributed by atoms with Crippen molar-refractivity contribution in [3.8, 4) is 0 Å². The third-order valence-electron chi connectivity index (χ3n) is 8.99. The maximum absolute atomic E-state index is 2.51. The maximum atomic E-state index is 2.51. The summed E-state index contributed by atoms with van der Waals surface area (Å²) < 4.78 is 0. The lowest BCUT2D eigenvalue weighted by atomic mass is 9.95. The van der Waals surface area contributed by atoms with E-state index in [-0.39, 0.29) is 0 Å². The van der Waals surface area contributed by atoms with Crippen molar-refractivity contribution in [2.75, 3.05) is 0 Å². The zero-order valence-electron chi connectivity index (χ0n) is 27.1. The number of unbranched alkanes of at least 4 members (excludes halogenated alkanes) is 24. The Labute approximate surface area is 238 Å². The van der Waals surface area contributed by atoms with Crippen LogP contribution in [0.5, 0.6) is 0 Å². The Hall–Kier alpha value is 0. The van der Waals surface area contributed by atoms with Crippen LogP contribution in [-0.4, -0.2) is 0 Å². The van der Waals surface area contributed by atoms with E-state index in [1.165, 1.54) is 199 Å². The standard InChI is InChI=1S/C37H76/c1-5-7-9-11-13-15-16-18-21-25-29-33-37(4)35-31-27-23-19-22-26-30-34-36(3)32-28-24-20-17-14-12-10-8-6-2/h36-37H,5-35H2,1-4H3/t36-,37+/m0/s1. The molecular weight excluding hydrogens is 444 g/mol. The van der Waals surface area contributed by atoms with E-state index in [9.17, 15) is 0 Å². The molecule has 0 aromatic carbocycles. The zero-order valence-corrected chi connectivity index (χ0v) is 27.1. The van der Waals surface area contributed by atoms with Gasteiger partial charge in [0.25, 0.3) is 0 Å². The molecule has 0 heteroatoms. The predicted octanol–water partition coefficient (Wildman–Crippen LogP) is 14.4. The van der Waals surface area contributed by atoms with Gasteiger partial charge in [0.1, 0.15) is 0 Å². The summed E-state index contributed by atoms with van der Waals surface area (Å²) in [4.78, 5) is 0. The molecule has 0 bridgehead atoms. The molecule has 0 N–H and O–H groups in total. The second-order valence-corrected chi connectivity index (χ2v) is 13.2. The fraction of sp³-hybridized carbons (Fsp3) is 1.00. The first kappa shape index (κ1) is 37.0. The lowest BCUT2D eigenvalue weighted by Crippen LogP contribution is -1.96. The molecular formula is C37H76. The second kappa shape index (κ2) is 32.2. The molecule has 0 saturated carbocycles. The van der Waals surface area contributed by atoms with E-state index >= 15 is 0 Å². The zero-order chi connectivity index (χ0) is 27.1. The normalized spacial score (nSPS) is 13.3. The fourth-order valence-electron chi connectivity index (χ4n) is 6.12. The van der Waals surface area contributed by atoms with Gasteiger partial charge in [-0.25, -0.2) is 0 Å². The van der Waals surface area contributed by atoms with Crippen molar-refractivity contribution in [1.82, 2.24) is 0 Å². The van der Waals surface area contributed by atoms with Crippen molar-refractivity contribution in [1.29, 1.82) is 0 Å². The van der Waals surface area contributed by atoms with Crippen LogP contribution in [0.15, 0.2) is 0 Å². The highest BCUT2D eigenvalue weighted by Crippen LogP contribution is 2.21. The molecule has 0 heterocycles. The molecule has 0 saturated heterocycles. The summed E-state index contributed by atoms with van der Waals surface area (Å²) in [5, 5.41) is 0. The Morgan fingerprint density at radius 3 is 0.595 bits per heavy atom. The minimum atomic E-state index is 0.964. The lowest BCUT2D eigenvalue weighted by Gasteiger charge is -2.12. The lowest BCUT2D eigenvalue weighted by molar-refractivity contribution is 0.421. The highest BCUT2D eigenvalue weighted by molar-refractivity contribution is 4.58. The van der Waals surface area contributed by atoms with Crippen LogP contribution in [0, 0.1) is 11.8 Å². The van der Waals surface area contributed by atoms with Gasteiger partial charge < -0.3 is 0 Å². The molecule has 0 fully saturated rings. The van der Waals surface area contributed by atoms with Gasteiger partial charge in [0.2, 0.25) is 0 Å². The SMILES string of the molecule is CCCCCCCCCCCCC[C@@H](C)CCCCCCCCC[C@@H](C)CCCCCCCCCCC. The molecule has 2 atom stereocenters. The minimum Gasteiger partial charge on any atom is -0.0654 e. The molecule has 0 nitrogen and oxygen atoms in total. The summed E-state index contributed by atoms with van der Waals surface area (Å²) in [6, 6.07) is 0. The monoisotopic (exact) mass is 521 g/mol. The average Bonchev–Trinajstić information content (AvgIpc) is 2.89. The van der Waals surface area contributed by atoms with Gasteiger partial charge in [0.15, 0.2) is 0 Å². The maximum Gasteiger partial charge on any atom is -0.0443 e. The molecule has 0 spiro atoms. The van der Waals surface area contributed by atoms with E-state index in [1.807, 2.05) is 0 Å². The van der Waals surface area contributed by atoms with Gasteiger partial charge in [-0.2, -0.15) is 0 Å². The molecule has 0 amide bonds. The van der Waals surface area contributed by atoms with Crippen LogP contribution in [-0.2, 0) is 0 Å². The van der Waals surface area contributed by atoms with Crippen LogP contribution in [0.25, 0.3) is 0 Å². The van der Waals surface area contributed by atoms with E-state index in [1.54, 1.807) is 0 Å². The molecule has 224 valence electrons. The highest BCUT2D eigenvalue weighted by Gasteiger charge is 2.04. The van der Waals surface area contributed by atoms with E-state index in [4.69, 9.17) is 0 Å². The summed E-state index contributed by atoms with van der Waals surface area (Å²) in [7, 11) is 0. The van der Waals surface area contributed by atoms with Gasteiger partial charge in [-0.1, -0.05) is 227 Å². The Bertz CT molecular complexity index is 385. The van der Waals surface area contributed by atoms with E-state index in [2.05, 4.69) is 27.7 Å². The number of rotatable bonds is 32. The highest BCUT2D eigenvalue weighted by atomic mass is 14.1. The van der Waals surface area contributed by atoms with Crippen molar-refractivity contribution in [2.24, 2.45) is 11.8 Å². The van der Waals surface area contributed by atoms with Crippen molar-refractivity contribution in [3.63, 3.8) is 0 Å².